The van der Waals surface area contributed by atoms with Crippen molar-refractivity contribution in [3.05, 3.63) is 65.2 Å². The molecule has 6 heteroatoms. The van der Waals surface area contributed by atoms with Crippen molar-refractivity contribution < 1.29 is 14.4 Å². The zero-order valence-electron chi connectivity index (χ0n) is 16.1. The lowest BCUT2D eigenvalue weighted by Gasteiger charge is -2.20. The number of nitrogens with one attached hydrogen (secondary N) is 3. The van der Waals surface area contributed by atoms with Gasteiger partial charge in [-0.25, -0.2) is 0 Å². The number of carbonyl (C=O) groups is 3. The molecule has 0 radical (unpaired) electrons. The maximum Gasteiger partial charge on any atom is 0.255 e. The molecule has 0 saturated heterocycles. The van der Waals surface area contributed by atoms with E-state index >= 15 is 0 Å². The normalized spacial score (nSPS) is 10.8. The Hall–Kier alpha value is -3.15. The summed E-state index contributed by atoms with van der Waals surface area (Å²) in [5.74, 6) is -0.567. The van der Waals surface area contributed by atoms with Gasteiger partial charge in [0.25, 0.3) is 11.8 Å². The van der Waals surface area contributed by atoms with E-state index in [2.05, 4.69) is 16.0 Å². The second-order valence-corrected chi connectivity index (χ2v) is 7.35. The molecule has 0 atom stereocenters. The molecular formula is C21H25N3O3. The maximum atomic E-state index is 12.4. The molecule has 2 aromatic rings. The Labute approximate surface area is 159 Å². The first-order chi connectivity index (χ1) is 12.6. The standard InChI is InChI=1S/C21H25N3O3/c1-14(25)22-13-15-8-10-16(11-9-15)19(26)23-18-7-5-6-17(12-18)20(27)24-21(2,3)4/h5-12H,13H2,1-4H3,(H,22,25)(H,23,26)(H,24,27). The predicted molar refractivity (Wildman–Crippen MR) is 106 cm³/mol. The molecule has 27 heavy (non-hydrogen) atoms. The lowest BCUT2D eigenvalue weighted by Crippen LogP contribution is -2.40. The van der Waals surface area contributed by atoms with E-state index in [1.54, 1.807) is 48.5 Å². The second-order valence-electron chi connectivity index (χ2n) is 7.35. The summed E-state index contributed by atoms with van der Waals surface area (Å²) in [5.41, 5.74) is 2.08. The summed E-state index contributed by atoms with van der Waals surface area (Å²) >= 11 is 0. The van der Waals surface area contributed by atoms with Crippen LogP contribution in [-0.2, 0) is 11.3 Å². The molecule has 0 heterocycles. The highest BCUT2D eigenvalue weighted by atomic mass is 16.2. The van der Waals surface area contributed by atoms with Crippen molar-refractivity contribution in [2.75, 3.05) is 5.32 Å². The quantitative estimate of drug-likeness (QED) is 0.759. The Morgan fingerprint density at radius 1 is 0.889 bits per heavy atom. The first-order valence-corrected chi connectivity index (χ1v) is 8.71. The van der Waals surface area contributed by atoms with Gasteiger partial charge in [0, 0.05) is 35.8 Å². The minimum atomic E-state index is -0.338. The molecule has 6 nitrogen and oxygen atoms in total. The van der Waals surface area contributed by atoms with Gasteiger partial charge < -0.3 is 16.0 Å². The van der Waals surface area contributed by atoms with Gasteiger partial charge in [-0.05, 0) is 56.7 Å². The van der Waals surface area contributed by atoms with Crippen LogP contribution < -0.4 is 16.0 Å². The molecular weight excluding hydrogens is 342 g/mol. The van der Waals surface area contributed by atoms with Gasteiger partial charge in [0.05, 0.1) is 0 Å². The molecule has 3 N–H and O–H groups in total. The first-order valence-electron chi connectivity index (χ1n) is 8.71. The predicted octanol–water partition coefficient (Wildman–Crippen LogP) is 3.10. The molecule has 142 valence electrons. The number of rotatable bonds is 5. The molecule has 0 bridgehead atoms. The van der Waals surface area contributed by atoms with Gasteiger partial charge in [-0.15, -0.1) is 0 Å². The van der Waals surface area contributed by atoms with E-state index in [0.717, 1.165) is 5.56 Å². The molecule has 3 amide bonds. The lowest BCUT2D eigenvalue weighted by molar-refractivity contribution is -0.119. The van der Waals surface area contributed by atoms with Crippen LogP contribution in [0.1, 0.15) is 54.0 Å². The molecule has 0 aromatic heterocycles. The number of carbonyl (C=O) groups excluding carboxylic acids is 3. The Bertz CT molecular complexity index is 836. The fraction of sp³-hybridized carbons (Fsp3) is 0.286. The average Bonchev–Trinajstić information content (AvgIpc) is 2.59. The summed E-state index contributed by atoms with van der Waals surface area (Å²) in [5, 5.41) is 8.40. The van der Waals surface area contributed by atoms with Crippen molar-refractivity contribution in [1.29, 1.82) is 0 Å². The van der Waals surface area contributed by atoms with Gasteiger partial charge in [0.15, 0.2) is 0 Å². The molecule has 0 aliphatic rings. The third kappa shape index (κ3) is 6.58. The van der Waals surface area contributed by atoms with E-state index in [9.17, 15) is 14.4 Å². The van der Waals surface area contributed by atoms with Crippen molar-refractivity contribution in [3.63, 3.8) is 0 Å². The third-order valence-electron chi connectivity index (χ3n) is 3.63. The summed E-state index contributed by atoms with van der Waals surface area (Å²) in [6.07, 6.45) is 0. The molecule has 0 aliphatic carbocycles. The molecule has 2 rings (SSSR count). The van der Waals surface area contributed by atoms with Gasteiger partial charge >= 0.3 is 0 Å². The summed E-state index contributed by atoms with van der Waals surface area (Å²) in [4.78, 5) is 35.6. The Morgan fingerprint density at radius 2 is 1.56 bits per heavy atom. The summed E-state index contributed by atoms with van der Waals surface area (Å²) in [6.45, 7) is 7.60. The van der Waals surface area contributed by atoms with Crippen molar-refractivity contribution in [1.82, 2.24) is 10.6 Å². The van der Waals surface area contributed by atoms with Gasteiger partial charge in [0.1, 0.15) is 0 Å². The summed E-state index contributed by atoms with van der Waals surface area (Å²) < 4.78 is 0. The number of anilines is 1. The zero-order chi connectivity index (χ0) is 20.0. The van der Waals surface area contributed by atoms with E-state index in [4.69, 9.17) is 0 Å². The molecule has 0 spiro atoms. The molecule has 0 saturated carbocycles. The van der Waals surface area contributed by atoms with Crippen LogP contribution in [0.3, 0.4) is 0 Å². The van der Waals surface area contributed by atoms with Crippen molar-refractivity contribution >= 4 is 23.4 Å². The number of hydrogen-bond donors (Lipinski definition) is 3. The van der Waals surface area contributed by atoms with Gasteiger partial charge in [-0.3, -0.25) is 14.4 Å². The maximum absolute atomic E-state index is 12.4. The molecule has 2 aromatic carbocycles. The van der Waals surface area contributed by atoms with Crippen LogP contribution in [0.4, 0.5) is 5.69 Å². The highest BCUT2D eigenvalue weighted by Crippen LogP contribution is 2.14. The zero-order valence-corrected chi connectivity index (χ0v) is 16.1. The van der Waals surface area contributed by atoms with Gasteiger partial charge in [0.2, 0.25) is 5.91 Å². The Morgan fingerprint density at radius 3 is 2.15 bits per heavy atom. The van der Waals surface area contributed by atoms with E-state index in [0.29, 0.717) is 23.4 Å². The van der Waals surface area contributed by atoms with E-state index in [-0.39, 0.29) is 23.3 Å². The fourth-order valence-corrected chi connectivity index (χ4v) is 2.35. The Balaban J connectivity index is 2.04. The molecule has 0 aliphatic heterocycles. The number of hydrogen-bond acceptors (Lipinski definition) is 3. The number of amides is 3. The van der Waals surface area contributed by atoms with Crippen LogP contribution in [0.25, 0.3) is 0 Å². The van der Waals surface area contributed by atoms with Crippen molar-refractivity contribution in [2.45, 2.75) is 39.8 Å². The Kier molecular flexibility index (Phi) is 6.34. The minimum Gasteiger partial charge on any atom is -0.352 e. The van der Waals surface area contributed by atoms with E-state index in [1.807, 2.05) is 20.8 Å². The number of benzene rings is 2. The fourth-order valence-electron chi connectivity index (χ4n) is 2.35. The van der Waals surface area contributed by atoms with Crippen LogP contribution in [0, 0.1) is 0 Å². The third-order valence-corrected chi connectivity index (χ3v) is 3.63. The summed E-state index contributed by atoms with van der Waals surface area (Å²) in [6, 6.07) is 13.8. The van der Waals surface area contributed by atoms with Crippen LogP contribution in [0.2, 0.25) is 0 Å². The highest BCUT2D eigenvalue weighted by molar-refractivity contribution is 6.05. The first kappa shape index (κ1) is 20.2. The van der Waals surface area contributed by atoms with Crippen LogP contribution in [-0.4, -0.2) is 23.3 Å². The SMILES string of the molecule is CC(=O)NCc1ccc(C(=O)Nc2cccc(C(=O)NC(C)(C)C)c2)cc1. The van der Waals surface area contributed by atoms with Gasteiger partial charge in [-0.2, -0.15) is 0 Å². The topological polar surface area (TPSA) is 87.3 Å². The monoisotopic (exact) mass is 367 g/mol. The average molecular weight is 367 g/mol. The minimum absolute atomic E-state index is 0.104. The summed E-state index contributed by atoms with van der Waals surface area (Å²) in [7, 11) is 0. The van der Waals surface area contributed by atoms with Gasteiger partial charge in [-0.1, -0.05) is 18.2 Å². The molecule has 0 unspecified atom stereocenters. The van der Waals surface area contributed by atoms with E-state index < -0.39 is 0 Å². The smallest absolute Gasteiger partial charge is 0.255 e. The van der Waals surface area contributed by atoms with Crippen molar-refractivity contribution in [3.8, 4) is 0 Å². The van der Waals surface area contributed by atoms with Crippen LogP contribution in [0.5, 0.6) is 0 Å². The highest BCUT2D eigenvalue weighted by Gasteiger charge is 2.16. The largest absolute Gasteiger partial charge is 0.352 e. The second kappa shape index (κ2) is 8.49. The van der Waals surface area contributed by atoms with Crippen LogP contribution >= 0.6 is 0 Å². The van der Waals surface area contributed by atoms with Crippen LogP contribution in [0.15, 0.2) is 48.5 Å². The lowest BCUT2D eigenvalue weighted by atomic mass is 10.1. The van der Waals surface area contributed by atoms with E-state index in [1.165, 1.54) is 6.92 Å². The molecule has 0 fully saturated rings. The van der Waals surface area contributed by atoms with Crippen molar-refractivity contribution in [2.24, 2.45) is 0 Å².